The number of ether oxygens (including phenoxy) is 1. The Morgan fingerprint density at radius 3 is 2.91 bits per heavy atom. The van der Waals surface area contributed by atoms with Crippen LogP contribution in [0.5, 0.6) is 0 Å². The Hall–Kier alpha value is -1.37. The average Bonchev–Trinajstić information content (AvgIpc) is 3.07. The predicted octanol–water partition coefficient (Wildman–Crippen LogP) is 1.15. The van der Waals surface area contributed by atoms with E-state index in [2.05, 4.69) is 10.2 Å². The van der Waals surface area contributed by atoms with Crippen molar-refractivity contribution in [2.45, 2.75) is 44.9 Å². The van der Waals surface area contributed by atoms with Crippen LogP contribution in [0.3, 0.4) is 0 Å². The molecule has 1 aliphatic heterocycles. The fraction of sp³-hybridized carbons (Fsp3) is 0.706. The van der Waals surface area contributed by atoms with Gasteiger partial charge in [0.2, 0.25) is 5.91 Å². The first-order chi connectivity index (χ1) is 11.1. The molecule has 6 heteroatoms. The van der Waals surface area contributed by atoms with E-state index in [1.807, 2.05) is 19.1 Å². The van der Waals surface area contributed by atoms with Gasteiger partial charge in [-0.1, -0.05) is 0 Å². The molecular formula is C17H26N2O4. The Morgan fingerprint density at radius 1 is 1.52 bits per heavy atom. The van der Waals surface area contributed by atoms with Crippen molar-refractivity contribution in [2.75, 3.05) is 26.2 Å². The van der Waals surface area contributed by atoms with Crippen LogP contribution in [0.15, 0.2) is 22.8 Å². The molecule has 1 aromatic rings. The molecule has 1 saturated carbocycles. The Morgan fingerprint density at radius 2 is 2.30 bits per heavy atom. The molecule has 1 aromatic heterocycles. The van der Waals surface area contributed by atoms with Crippen LogP contribution >= 0.6 is 0 Å². The number of amides is 1. The van der Waals surface area contributed by atoms with Gasteiger partial charge in [0, 0.05) is 18.4 Å². The largest absolute Gasteiger partial charge is 0.467 e. The maximum Gasteiger partial charge on any atom is 0.234 e. The summed E-state index contributed by atoms with van der Waals surface area (Å²) in [6, 6.07) is 3.65. The normalized spacial score (nSPS) is 26.9. The summed E-state index contributed by atoms with van der Waals surface area (Å²) < 4.78 is 11.0. The van der Waals surface area contributed by atoms with Crippen molar-refractivity contribution in [3.05, 3.63) is 24.2 Å². The van der Waals surface area contributed by atoms with Crippen molar-refractivity contribution in [2.24, 2.45) is 5.41 Å². The molecule has 23 heavy (non-hydrogen) atoms. The SMILES string of the molecule is CCOC1CC(O)C12CCN(CC(=O)NCc1ccco1)CC2. The zero-order valence-electron chi connectivity index (χ0n) is 13.7. The number of hydrogen-bond donors (Lipinski definition) is 2. The number of aliphatic hydroxyl groups is 1. The molecule has 1 spiro atoms. The molecule has 1 amide bonds. The number of furan rings is 1. The van der Waals surface area contributed by atoms with Gasteiger partial charge in [0.05, 0.1) is 31.6 Å². The molecule has 2 atom stereocenters. The van der Waals surface area contributed by atoms with E-state index in [9.17, 15) is 9.90 Å². The highest BCUT2D eigenvalue weighted by Crippen LogP contribution is 2.50. The lowest BCUT2D eigenvalue weighted by Crippen LogP contribution is -2.62. The standard InChI is InChI=1S/C17H26N2O4/c1-2-22-15-10-14(20)17(15)5-7-19(8-6-17)12-16(21)18-11-13-4-3-9-23-13/h3-4,9,14-15,20H,2,5-8,10-12H2,1H3,(H,18,21). The second kappa shape index (κ2) is 7.03. The summed E-state index contributed by atoms with van der Waals surface area (Å²) in [5.74, 6) is 0.765. The van der Waals surface area contributed by atoms with Crippen molar-refractivity contribution < 1.29 is 19.1 Å². The molecule has 0 aromatic carbocycles. The molecular weight excluding hydrogens is 296 g/mol. The molecule has 1 aliphatic carbocycles. The van der Waals surface area contributed by atoms with Crippen LogP contribution in [-0.2, 0) is 16.1 Å². The summed E-state index contributed by atoms with van der Waals surface area (Å²) in [5, 5.41) is 13.1. The fourth-order valence-electron chi connectivity index (χ4n) is 3.80. The quantitative estimate of drug-likeness (QED) is 0.822. The van der Waals surface area contributed by atoms with Gasteiger partial charge in [0.1, 0.15) is 5.76 Å². The van der Waals surface area contributed by atoms with Crippen LogP contribution in [0.2, 0.25) is 0 Å². The first kappa shape index (κ1) is 16.5. The van der Waals surface area contributed by atoms with E-state index in [4.69, 9.17) is 9.15 Å². The van der Waals surface area contributed by atoms with Crippen LogP contribution in [-0.4, -0.2) is 54.4 Å². The maximum atomic E-state index is 12.0. The summed E-state index contributed by atoms with van der Waals surface area (Å²) in [6.07, 6.45) is 4.06. The van der Waals surface area contributed by atoms with E-state index in [0.717, 1.165) is 38.1 Å². The molecule has 2 N–H and O–H groups in total. The number of aliphatic hydroxyl groups excluding tert-OH is 1. The van der Waals surface area contributed by atoms with Gasteiger partial charge in [0.15, 0.2) is 0 Å². The average molecular weight is 322 g/mol. The third-order valence-electron chi connectivity index (χ3n) is 5.30. The van der Waals surface area contributed by atoms with Crippen molar-refractivity contribution >= 4 is 5.91 Å². The number of nitrogens with zero attached hydrogens (tertiary/aromatic N) is 1. The van der Waals surface area contributed by atoms with E-state index in [0.29, 0.717) is 19.7 Å². The van der Waals surface area contributed by atoms with Gasteiger partial charge in [-0.05, 0) is 45.0 Å². The van der Waals surface area contributed by atoms with Gasteiger partial charge >= 0.3 is 0 Å². The number of likely N-dealkylation sites (tertiary alicyclic amines) is 1. The number of hydrogen-bond acceptors (Lipinski definition) is 5. The van der Waals surface area contributed by atoms with Crippen LogP contribution in [0, 0.1) is 5.41 Å². The second-order valence-corrected chi connectivity index (χ2v) is 6.56. The zero-order chi connectivity index (χ0) is 16.3. The number of piperidine rings is 1. The van der Waals surface area contributed by atoms with Gasteiger partial charge in [-0.2, -0.15) is 0 Å². The fourth-order valence-corrected chi connectivity index (χ4v) is 3.80. The highest BCUT2D eigenvalue weighted by Gasteiger charge is 2.55. The van der Waals surface area contributed by atoms with Gasteiger partial charge in [-0.15, -0.1) is 0 Å². The first-order valence-corrected chi connectivity index (χ1v) is 8.45. The molecule has 0 radical (unpaired) electrons. The van der Waals surface area contributed by atoms with Gasteiger partial charge in [-0.3, -0.25) is 9.69 Å². The minimum Gasteiger partial charge on any atom is -0.467 e. The van der Waals surface area contributed by atoms with Crippen LogP contribution in [0.25, 0.3) is 0 Å². The van der Waals surface area contributed by atoms with E-state index < -0.39 is 0 Å². The van der Waals surface area contributed by atoms with Crippen LogP contribution in [0.1, 0.15) is 31.9 Å². The number of carbonyl (C=O) groups is 1. The van der Waals surface area contributed by atoms with E-state index in [1.165, 1.54) is 0 Å². The summed E-state index contributed by atoms with van der Waals surface area (Å²) in [5.41, 5.74) is -0.0862. The summed E-state index contributed by atoms with van der Waals surface area (Å²) in [7, 11) is 0. The Kier molecular flexibility index (Phi) is 5.04. The van der Waals surface area contributed by atoms with E-state index in [-0.39, 0.29) is 23.5 Å². The smallest absolute Gasteiger partial charge is 0.234 e. The lowest BCUT2D eigenvalue weighted by Gasteiger charge is -2.56. The minimum atomic E-state index is -0.256. The summed E-state index contributed by atoms with van der Waals surface area (Å²) in [4.78, 5) is 14.2. The monoisotopic (exact) mass is 322 g/mol. The van der Waals surface area contributed by atoms with Crippen LogP contribution in [0.4, 0.5) is 0 Å². The van der Waals surface area contributed by atoms with Crippen LogP contribution < -0.4 is 5.32 Å². The minimum absolute atomic E-state index is 0.00728. The molecule has 2 unspecified atom stereocenters. The second-order valence-electron chi connectivity index (χ2n) is 6.56. The number of carbonyl (C=O) groups excluding carboxylic acids is 1. The highest BCUT2D eigenvalue weighted by molar-refractivity contribution is 5.77. The van der Waals surface area contributed by atoms with Gasteiger partial charge in [0.25, 0.3) is 0 Å². The Balaban J connectivity index is 1.43. The molecule has 128 valence electrons. The molecule has 2 fully saturated rings. The molecule has 6 nitrogen and oxygen atoms in total. The maximum absolute atomic E-state index is 12.0. The number of rotatable bonds is 6. The molecule has 0 bridgehead atoms. The molecule has 3 rings (SSSR count). The predicted molar refractivity (Wildman–Crippen MR) is 84.7 cm³/mol. The van der Waals surface area contributed by atoms with Crippen molar-refractivity contribution in [1.29, 1.82) is 0 Å². The highest BCUT2D eigenvalue weighted by atomic mass is 16.5. The molecule has 2 heterocycles. The van der Waals surface area contributed by atoms with Crippen molar-refractivity contribution in [3.8, 4) is 0 Å². The van der Waals surface area contributed by atoms with E-state index in [1.54, 1.807) is 6.26 Å². The summed E-state index contributed by atoms with van der Waals surface area (Å²) >= 11 is 0. The molecule has 2 aliphatic rings. The first-order valence-electron chi connectivity index (χ1n) is 8.45. The lowest BCUT2D eigenvalue weighted by atomic mass is 9.58. The molecule has 1 saturated heterocycles. The van der Waals surface area contributed by atoms with E-state index >= 15 is 0 Å². The Labute approximate surface area is 136 Å². The lowest BCUT2D eigenvalue weighted by molar-refractivity contribution is -0.209. The third kappa shape index (κ3) is 3.44. The topological polar surface area (TPSA) is 74.9 Å². The third-order valence-corrected chi connectivity index (χ3v) is 5.30. The van der Waals surface area contributed by atoms with Gasteiger partial charge < -0.3 is 19.6 Å². The van der Waals surface area contributed by atoms with Crippen molar-refractivity contribution in [1.82, 2.24) is 10.2 Å². The summed E-state index contributed by atoms with van der Waals surface area (Å²) in [6.45, 7) is 5.17. The zero-order valence-corrected chi connectivity index (χ0v) is 13.7. The van der Waals surface area contributed by atoms with Gasteiger partial charge in [-0.25, -0.2) is 0 Å². The number of nitrogens with one attached hydrogen (secondary N) is 1. The Bertz CT molecular complexity index is 507. The van der Waals surface area contributed by atoms with Crippen molar-refractivity contribution in [3.63, 3.8) is 0 Å².